The van der Waals surface area contributed by atoms with Gasteiger partial charge in [0.25, 0.3) is 0 Å². The minimum atomic E-state index is -0.552. The molecule has 0 heterocycles. The van der Waals surface area contributed by atoms with Gasteiger partial charge in [-0.1, -0.05) is 38.8 Å². The zero-order valence-electron chi connectivity index (χ0n) is 11.6. The van der Waals surface area contributed by atoms with Crippen LogP contribution in [-0.2, 0) is 6.42 Å². The molecule has 0 saturated heterocycles. The van der Waals surface area contributed by atoms with E-state index in [1.54, 1.807) is 7.11 Å². The Morgan fingerprint density at radius 3 is 2.89 bits per heavy atom. The number of hydrogen-bond donors (Lipinski definition) is 1. The summed E-state index contributed by atoms with van der Waals surface area (Å²) in [4.78, 5) is 0. The number of aliphatic hydroxyl groups is 1. The van der Waals surface area contributed by atoms with Crippen LogP contribution in [0, 0.1) is 11.8 Å². The molecule has 0 bridgehead atoms. The van der Waals surface area contributed by atoms with E-state index in [1.807, 2.05) is 18.2 Å². The zero-order valence-corrected chi connectivity index (χ0v) is 11.6. The highest BCUT2D eigenvalue weighted by Gasteiger charge is 2.39. The van der Waals surface area contributed by atoms with Gasteiger partial charge in [-0.15, -0.1) is 0 Å². The van der Waals surface area contributed by atoms with Crippen LogP contribution in [0.3, 0.4) is 0 Å². The SMILES string of the molecule is COc1cccc(CC2(O)CCCC(C)C2C)c1. The lowest BCUT2D eigenvalue weighted by Gasteiger charge is -2.42. The van der Waals surface area contributed by atoms with E-state index >= 15 is 0 Å². The lowest BCUT2D eigenvalue weighted by Crippen LogP contribution is -2.44. The van der Waals surface area contributed by atoms with Crippen LogP contribution in [0.4, 0.5) is 0 Å². The second-order valence-corrected chi connectivity index (χ2v) is 5.79. The Morgan fingerprint density at radius 2 is 2.17 bits per heavy atom. The third-order valence-corrected chi connectivity index (χ3v) is 4.61. The molecule has 1 aliphatic carbocycles. The van der Waals surface area contributed by atoms with E-state index in [1.165, 1.54) is 6.42 Å². The monoisotopic (exact) mass is 248 g/mol. The third kappa shape index (κ3) is 2.69. The predicted octanol–water partition coefficient (Wildman–Crippen LogP) is 3.42. The Morgan fingerprint density at radius 1 is 1.39 bits per heavy atom. The second-order valence-electron chi connectivity index (χ2n) is 5.79. The fraction of sp³-hybridized carbons (Fsp3) is 0.625. The average Bonchev–Trinajstić information content (AvgIpc) is 2.36. The maximum Gasteiger partial charge on any atom is 0.119 e. The summed E-state index contributed by atoms with van der Waals surface area (Å²) in [6.45, 7) is 4.43. The summed E-state index contributed by atoms with van der Waals surface area (Å²) in [5.41, 5.74) is 0.613. The fourth-order valence-corrected chi connectivity index (χ4v) is 3.12. The van der Waals surface area contributed by atoms with Crippen molar-refractivity contribution in [2.24, 2.45) is 11.8 Å². The van der Waals surface area contributed by atoms with Gasteiger partial charge in [0.2, 0.25) is 0 Å². The molecule has 0 spiro atoms. The van der Waals surface area contributed by atoms with Crippen LogP contribution in [0.25, 0.3) is 0 Å². The van der Waals surface area contributed by atoms with E-state index in [4.69, 9.17) is 4.74 Å². The molecule has 1 aromatic carbocycles. The van der Waals surface area contributed by atoms with Gasteiger partial charge < -0.3 is 9.84 Å². The van der Waals surface area contributed by atoms with Crippen molar-refractivity contribution in [3.63, 3.8) is 0 Å². The first-order valence-electron chi connectivity index (χ1n) is 6.90. The van der Waals surface area contributed by atoms with Crippen LogP contribution in [0.5, 0.6) is 5.75 Å². The smallest absolute Gasteiger partial charge is 0.119 e. The molecule has 0 aromatic heterocycles. The molecular weight excluding hydrogens is 224 g/mol. The number of methoxy groups -OCH3 is 1. The summed E-state index contributed by atoms with van der Waals surface area (Å²) in [5, 5.41) is 10.9. The quantitative estimate of drug-likeness (QED) is 0.888. The third-order valence-electron chi connectivity index (χ3n) is 4.61. The van der Waals surface area contributed by atoms with Crippen molar-refractivity contribution >= 4 is 0 Å². The molecule has 3 atom stereocenters. The fourth-order valence-electron chi connectivity index (χ4n) is 3.12. The largest absolute Gasteiger partial charge is 0.497 e. The number of ether oxygens (including phenoxy) is 1. The van der Waals surface area contributed by atoms with Crippen molar-refractivity contribution in [1.29, 1.82) is 0 Å². The zero-order chi connectivity index (χ0) is 13.2. The molecule has 2 nitrogen and oxygen atoms in total. The average molecular weight is 248 g/mol. The van der Waals surface area contributed by atoms with Gasteiger partial charge in [-0.25, -0.2) is 0 Å². The normalized spacial score (nSPS) is 32.2. The van der Waals surface area contributed by atoms with Gasteiger partial charge in [-0.3, -0.25) is 0 Å². The van der Waals surface area contributed by atoms with Crippen LogP contribution in [0.1, 0.15) is 38.7 Å². The first-order valence-corrected chi connectivity index (χ1v) is 6.90. The molecule has 100 valence electrons. The van der Waals surface area contributed by atoms with E-state index in [9.17, 15) is 5.11 Å². The van der Waals surface area contributed by atoms with Crippen molar-refractivity contribution in [1.82, 2.24) is 0 Å². The minimum absolute atomic E-state index is 0.359. The molecule has 1 saturated carbocycles. The topological polar surface area (TPSA) is 29.5 Å². The van der Waals surface area contributed by atoms with E-state index in [2.05, 4.69) is 19.9 Å². The van der Waals surface area contributed by atoms with E-state index in [-0.39, 0.29) is 0 Å². The molecule has 1 aromatic rings. The molecule has 1 fully saturated rings. The van der Waals surface area contributed by atoms with E-state index < -0.39 is 5.60 Å². The first kappa shape index (κ1) is 13.4. The van der Waals surface area contributed by atoms with Crippen molar-refractivity contribution in [2.75, 3.05) is 7.11 Å². The highest BCUT2D eigenvalue weighted by molar-refractivity contribution is 5.29. The highest BCUT2D eigenvalue weighted by atomic mass is 16.5. The van der Waals surface area contributed by atoms with Gasteiger partial charge in [-0.2, -0.15) is 0 Å². The first-order chi connectivity index (χ1) is 8.55. The number of benzene rings is 1. The van der Waals surface area contributed by atoms with Gasteiger partial charge in [0, 0.05) is 6.42 Å². The molecule has 0 radical (unpaired) electrons. The van der Waals surface area contributed by atoms with Crippen LogP contribution in [0.2, 0.25) is 0 Å². The maximum atomic E-state index is 10.9. The van der Waals surface area contributed by atoms with Gasteiger partial charge in [0.15, 0.2) is 0 Å². The number of rotatable bonds is 3. The van der Waals surface area contributed by atoms with E-state index in [0.29, 0.717) is 11.8 Å². The summed E-state index contributed by atoms with van der Waals surface area (Å²) in [5.74, 6) is 1.83. The van der Waals surface area contributed by atoms with Crippen molar-refractivity contribution in [2.45, 2.75) is 45.1 Å². The van der Waals surface area contributed by atoms with Gasteiger partial charge >= 0.3 is 0 Å². The Hall–Kier alpha value is -1.02. The predicted molar refractivity (Wildman–Crippen MR) is 73.8 cm³/mol. The molecule has 18 heavy (non-hydrogen) atoms. The summed E-state index contributed by atoms with van der Waals surface area (Å²) in [6.07, 6.45) is 4.01. The molecule has 0 aliphatic heterocycles. The van der Waals surface area contributed by atoms with E-state index in [0.717, 1.165) is 30.6 Å². The Bertz CT molecular complexity index is 402. The highest BCUT2D eigenvalue weighted by Crippen LogP contribution is 2.39. The van der Waals surface area contributed by atoms with Crippen LogP contribution < -0.4 is 4.74 Å². The molecule has 3 unspecified atom stereocenters. The summed E-state index contributed by atoms with van der Waals surface area (Å²) in [7, 11) is 1.68. The van der Waals surface area contributed by atoms with Crippen molar-refractivity contribution in [3.8, 4) is 5.75 Å². The molecule has 0 amide bonds. The molecule has 2 heteroatoms. The Kier molecular flexibility index (Phi) is 3.96. The Balaban J connectivity index is 2.15. The molecule has 2 rings (SSSR count). The van der Waals surface area contributed by atoms with Crippen LogP contribution in [0.15, 0.2) is 24.3 Å². The Labute approximate surface area is 110 Å². The summed E-state index contributed by atoms with van der Waals surface area (Å²) >= 11 is 0. The van der Waals surface area contributed by atoms with Gasteiger partial charge in [-0.05, 0) is 36.0 Å². The maximum absolute atomic E-state index is 10.9. The lowest BCUT2D eigenvalue weighted by atomic mass is 9.68. The molecule has 1 N–H and O–H groups in total. The molecular formula is C16H24O2. The summed E-state index contributed by atoms with van der Waals surface area (Å²) < 4.78 is 5.24. The summed E-state index contributed by atoms with van der Waals surface area (Å²) in [6, 6.07) is 8.05. The van der Waals surface area contributed by atoms with Crippen LogP contribution in [-0.4, -0.2) is 17.8 Å². The standard InChI is InChI=1S/C16H24O2/c1-12-6-5-9-16(17,13(12)2)11-14-7-4-8-15(10-14)18-3/h4,7-8,10,12-13,17H,5-6,9,11H2,1-3H3. The van der Waals surface area contributed by atoms with Crippen molar-refractivity contribution in [3.05, 3.63) is 29.8 Å². The van der Waals surface area contributed by atoms with Crippen molar-refractivity contribution < 1.29 is 9.84 Å². The minimum Gasteiger partial charge on any atom is -0.497 e. The van der Waals surface area contributed by atoms with Gasteiger partial charge in [0.1, 0.15) is 5.75 Å². The lowest BCUT2D eigenvalue weighted by molar-refractivity contribution is -0.0621. The van der Waals surface area contributed by atoms with Crippen LogP contribution >= 0.6 is 0 Å². The second kappa shape index (κ2) is 5.31. The number of hydrogen-bond acceptors (Lipinski definition) is 2. The van der Waals surface area contributed by atoms with Gasteiger partial charge in [0.05, 0.1) is 12.7 Å². The molecule has 1 aliphatic rings.